The fourth-order valence-corrected chi connectivity index (χ4v) is 6.38. The second-order valence-electron chi connectivity index (χ2n) is 9.98. The number of aryl methyl sites for hydroxylation is 1. The smallest absolute Gasteiger partial charge is 0.356 e. The molecular formula is C31H28N4O5S. The van der Waals surface area contributed by atoms with Gasteiger partial charge in [0.15, 0.2) is 6.10 Å². The largest absolute Gasteiger partial charge is 0.461 e. The molecule has 0 saturated carbocycles. The number of fused-ring (bicyclic) bond motifs is 2. The lowest BCUT2D eigenvalue weighted by atomic mass is 10.0. The molecule has 2 aliphatic heterocycles. The third-order valence-electron chi connectivity index (χ3n) is 7.05. The van der Waals surface area contributed by atoms with Gasteiger partial charge in [0, 0.05) is 18.2 Å². The van der Waals surface area contributed by atoms with E-state index in [2.05, 4.69) is 15.3 Å². The number of nitrogens with zero attached hydrogens (tertiary/aromatic N) is 2. The van der Waals surface area contributed by atoms with Crippen molar-refractivity contribution in [1.82, 2.24) is 14.9 Å². The standard InChI is InChI=1S/C31H28N4O5S/c1-18-13-14-23-24(15-18)33-31(32-23)34-25-28(37)35-26(22(16-39-19(2)36)17-41-29(25)35)30(38)40-27(20-9-5-3-6-10-20)21-11-7-4-8-12-21/h3-15,25,27,29H,16-17H2,1-2H3,(H2,32,33,34)/t25-,29-/m1/s1. The highest BCUT2D eigenvalue weighted by atomic mass is 32.2. The minimum Gasteiger partial charge on any atom is -0.461 e. The van der Waals surface area contributed by atoms with Crippen LogP contribution in [0.15, 0.2) is 90.1 Å². The quantitative estimate of drug-likeness (QED) is 0.232. The molecule has 0 radical (unpaired) electrons. The van der Waals surface area contributed by atoms with Crippen molar-refractivity contribution in [2.45, 2.75) is 31.4 Å². The molecule has 41 heavy (non-hydrogen) atoms. The van der Waals surface area contributed by atoms with Crippen molar-refractivity contribution in [3.05, 3.63) is 107 Å². The van der Waals surface area contributed by atoms with Gasteiger partial charge in [-0.25, -0.2) is 9.78 Å². The number of rotatable bonds is 8. The SMILES string of the molecule is CC(=O)OCC1=C(C(=O)OC(c2ccccc2)c2ccccc2)N2C(=O)[C@@H](Nc3nc4ccc(C)cc4[nH]3)[C@H]2SC1. The minimum atomic E-state index is -0.690. The van der Waals surface area contributed by atoms with Gasteiger partial charge >= 0.3 is 11.9 Å². The van der Waals surface area contributed by atoms with Gasteiger partial charge in [-0.05, 0) is 35.7 Å². The number of hydrogen-bond donors (Lipinski definition) is 2. The Morgan fingerprint density at radius 2 is 1.76 bits per heavy atom. The van der Waals surface area contributed by atoms with Gasteiger partial charge in [0.2, 0.25) is 5.95 Å². The number of hydrogen-bond acceptors (Lipinski definition) is 8. The Morgan fingerprint density at radius 1 is 1.07 bits per heavy atom. The molecule has 6 rings (SSSR count). The van der Waals surface area contributed by atoms with Crippen molar-refractivity contribution in [3.63, 3.8) is 0 Å². The van der Waals surface area contributed by atoms with Crippen LogP contribution in [0.5, 0.6) is 0 Å². The summed E-state index contributed by atoms with van der Waals surface area (Å²) in [5.41, 5.74) is 5.00. The zero-order valence-electron chi connectivity index (χ0n) is 22.5. The van der Waals surface area contributed by atoms with Gasteiger partial charge in [-0.3, -0.25) is 14.5 Å². The fourth-order valence-electron chi connectivity index (χ4n) is 5.06. The number of imidazole rings is 1. The molecule has 0 aliphatic carbocycles. The lowest BCUT2D eigenvalue weighted by Crippen LogP contribution is -2.68. The predicted molar refractivity (Wildman–Crippen MR) is 156 cm³/mol. The average molecular weight is 569 g/mol. The van der Waals surface area contributed by atoms with Gasteiger partial charge < -0.3 is 19.8 Å². The van der Waals surface area contributed by atoms with E-state index in [1.165, 1.54) is 23.6 Å². The summed E-state index contributed by atoms with van der Waals surface area (Å²) in [7, 11) is 0. The van der Waals surface area contributed by atoms with E-state index in [4.69, 9.17) is 9.47 Å². The molecule has 0 bridgehead atoms. The number of carbonyl (C=O) groups is 3. The predicted octanol–water partition coefficient (Wildman–Crippen LogP) is 4.72. The van der Waals surface area contributed by atoms with Crippen LogP contribution in [0.2, 0.25) is 0 Å². The van der Waals surface area contributed by atoms with E-state index in [9.17, 15) is 14.4 Å². The van der Waals surface area contributed by atoms with Crippen LogP contribution < -0.4 is 5.32 Å². The lowest BCUT2D eigenvalue weighted by Gasteiger charge is -2.49. The summed E-state index contributed by atoms with van der Waals surface area (Å²) >= 11 is 1.49. The third-order valence-corrected chi connectivity index (χ3v) is 8.39. The number of aromatic amines is 1. The van der Waals surface area contributed by atoms with E-state index >= 15 is 0 Å². The first-order valence-corrected chi connectivity index (χ1v) is 14.3. The maximum atomic E-state index is 13.9. The Kier molecular flexibility index (Phi) is 7.23. The van der Waals surface area contributed by atoms with E-state index in [0.29, 0.717) is 17.3 Å². The highest BCUT2D eigenvalue weighted by Gasteiger charge is 2.54. The molecule has 1 aromatic heterocycles. The normalized spacial score (nSPS) is 18.2. The number of benzene rings is 3. The summed E-state index contributed by atoms with van der Waals surface area (Å²) in [4.78, 5) is 48.3. The van der Waals surface area contributed by atoms with E-state index in [1.807, 2.05) is 85.8 Å². The number of nitrogens with one attached hydrogen (secondary N) is 2. The van der Waals surface area contributed by atoms with Crippen LogP contribution >= 0.6 is 11.8 Å². The van der Waals surface area contributed by atoms with Crippen molar-refractivity contribution >= 4 is 46.6 Å². The van der Waals surface area contributed by atoms with Crippen molar-refractivity contribution in [3.8, 4) is 0 Å². The topological polar surface area (TPSA) is 114 Å². The molecule has 1 saturated heterocycles. The Bertz CT molecular complexity index is 1610. The summed E-state index contributed by atoms with van der Waals surface area (Å²) in [6.45, 7) is 3.20. The van der Waals surface area contributed by atoms with Gasteiger partial charge in [-0.2, -0.15) is 0 Å². The molecule has 208 valence electrons. The maximum Gasteiger partial charge on any atom is 0.356 e. The number of β-lactam (4-membered cyclic amide) rings is 1. The fraction of sp³-hybridized carbons (Fsp3) is 0.226. The molecule has 2 N–H and O–H groups in total. The molecule has 1 fully saturated rings. The highest BCUT2D eigenvalue weighted by Crippen LogP contribution is 2.42. The van der Waals surface area contributed by atoms with Gasteiger partial charge in [0.05, 0.1) is 11.0 Å². The highest BCUT2D eigenvalue weighted by molar-refractivity contribution is 8.00. The molecule has 9 nitrogen and oxygen atoms in total. The van der Waals surface area contributed by atoms with Crippen LogP contribution in [-0.4, -0.2) is 56.5 Å². The lowest BCUT2D eigenvalue weighted by molar-refractivity contribution is -0.152. The van der Waals surface area contributed by atoms with Gasteiger partial charge in [-0.1, -0.05) is 66.7 Å². The summed E-state index contributed by atoms with van der Waals surface area (Å²) in [6, 6.07) is 24.2. The molecule has 4 aromatic rings. The maximum absolute atomic E-state index is 13.9. The van der Waals surface area contributed by atoms with Crippen LogP contribution in [-0.2, 0) is 23.9 Å². The van der Waals surface area contributed by atoms with E-state index in [1.54, 1.807) is 0 Å². The van der Waals surface area contributed by atoms with Gasteiger partial charge in [-0.15, -0.1) is 11.8 Å². The van der Waals surface area contributed by atoms with Crippen LogP contribution in [0, 0.1) is 6.92 Å². The molecule has 3 aromatic carbocycles. The molecule has 1 amide bonds. The van der Waals surface area contributed by atoms with Crippen molar-refractivity contribution < 1.29 is 23.9 Å². The zero-order valence-corrected chi connectivity index (χ0v) is 23.3. The molecule has 10 heteroatoms. The molecule has 0 unspecified atom stereocenters. The first-order valence-electron chi connectivity index (χ1n) is 13.2. The van der Waals surface area contributed by atoms with E-state index in [-0.39, 0.29) is 23.6 Å². The summed E-state index contributed by atoms with van der Waals surface area (Å²) in [5, 5.41) is 2.85. The third kappa shape index (κ3) is 5.30. The number of thioether (sulfide) groups is 1. The molecule has 0 spiro atoms. The first-order chi connectivity index (χ1) is 19.9. The van der Waals surface area contributed by atoms with Gasteiger partial charge in [0.1, 0.15) is 23.7 Å². The van der Waals surface area contributed by atoms with E-state index < -0.39 is 24.1 Å². The minimum absolute atomic E-state index is 0.106. The molecule has 2 aliphatic rings. The van der Waals surface area contributed by atoms with Crippen molar-refractivity contribution in [2.75, 3.05) is 17.7 Å². The zero-order chi connectivity index (χ0) is 28.5. The number of aromatic nitrogens is 2. The number of ether oxygens (including phenoxy) is 2. The number of amides is 1. The number of anilines is 1. The van der Waals surface area contributed by atoms with Crippen LogP contribution in [0.4, 0.5) is 5.95 Å². The Labute approximate surface area is 240 Å². The van der Waals surface area contributed by atoms with Crippen LogP contribution in [0.3, 0.4) is 0 Å². The molecule has 2 atom stereocenters. The monoisotopic (exact) mass is 568 g/mol. The number of carbonyl (C=O) groups excluding carboxylic acids is 3. The summed E-state index contributed by atoms with van der Waals surface area (Å²) in [6.07, 6.45) is -0.690. The van der Waals surface area contributed by atoms with Crippen LogP contribution in [0.25, 0.3) is 11.0 Å². The summed E-state index contributed by atoms with van der Waals surface area (Å²) in [5.74, 6) is -0.539. The second kappa shape index (κ2) is 11.1. The molecule has 3 heterocycles. The Morgan fingerprint density at radius 3 is 2.41 bits per heavy atom. The van der Waals surface area contributed by atoms with E-state index in [0.717, 1.165) is 27.7 Å². The Balaban J connectivity index is 1.29. The van der Waals surface area contributed by atoms with Crippen molar-refractivity contribution in [1.29, 1.82) is 0 Å². The van der Waals surface area contributed by atoms with Gasteiger partial charge in [0.25, 0.3) is 5.91 Å². The van der Waals surface area contributed by atoms with Crippen molar-refractivity contribution in [2.24, 2.45) is 0 Å². The van der Waals surface area contributed by atoms with Crippen LogP contribution in [0.1, 0.15) is 29.7 Å². The molecular weight excluding hydrogens is 540 g/mol. The number of esters is 2. The average Bonchev–Trinajstić information content (AvgIpc) is 3.39. The Hall–Kier alpha value is -4.57. The number of H-pyrrole nitrogens is 1. The summed E-state index contributed by atoms with van der Waals surface area (Å²) < 4.78 is 11.4. The second-order valence-corrected chi connectivity index (χ2v) is 11.1. The first kappa shape index (κ1) is 26.6.